The van der Waals surface area contributed by atoms with Gasteiger partial charge in [-0.15, -0.1) is 0 Å². The minimum atomic E-state index is 0.906. The molecule has 0 aliphatic carbocycles. The molecule has 202 valence electrons. The van der Waals surface area contributed by atoms with E-state index in [1.54, 1.807) is 0 Å². The number of rotatable bonds is 4. The van der Waals surface area contributed by atoms with Crippen LogP contribution in [0.1, 0.15) is 0 Å². The van der Waals surface area contributed by atoms with Crippen molar-refractivity contribution in [3.8, 4) is 5.69 Å². The molecule has 43 heavy (non-hydrogen) atoms. The van der Waals surface area contributed by atoms with Crippen LogP contribution in [0.15, 0.2) is 162 Å². The highest BCUT2D eigenvalue weighted by atomic mass is 16.3. The fourth-order valence-electron chi connectivity index (χ4n) is 6.63. The first-order valence-corrected chi connectivity index (χ1v) is 14.6. The number of nitrogens with zero attached hydrogens (tertiary/aromatic N) is 2. The van der Waals surface area contributed by atoms with Gasteiger partial charge >= 0.3 is 0 Å². The number of aromatic nitrogens is 1. The van der Waals surface area contributed by atoms with Gasteiger partial charge in [-0.3, -0.25) is 0 Å². The molecule has 9 rings (SSSR count). The predicted octanol–water partition coefficient (Wildman–Crippen LogP) is 11.3. The fraction of sp³-hybridized carbons (Fsp3) is 0. The Bertz CT molecular complexity index is 2450. The average molecular weight is 551 g/mol. The standard InChI is InChI=1S/C40H26N2O/c1-3-12-29(13-4-1)41(31-23-22-27-25-35-33-17-8-10-21-38(33)43-39(35)26-28(27)24-31)37-20-11-18-34-32-16-7-9-19-36(32)42(40(34)37)30-14-5-2-6-15-30/h1-26H. The van der Waals surface area contributed by atoms with Crippen molar-refractivity contribution in [2.75, 3.05) is 4.90 Å². The summed E-state index contributed by atoms with van der Waals surface area (Å²) in [6, 6.07) is 56.1. The minimum Gasteiger partial charge on any atom is -0.456 e. The summed E-state index contributed by atoms with van der Waals surface area (Å²) in [6.07, 6.45) is 0. The first-order chi connectivity index (χ1) is 21.3. The van der Waals surface area contributed by atoms with E-state index in [9.17, 15) is 0 Å². The minimum absolute atomic E-state index is 0.906. The van der Waals surface area contributed by atoms with Gasteiger partial charge in [-0.05, 0) is 77.5 Å². The summed E-state index contributed by atoms with van der Waals surface area (Å²) >= 11 is 0. The van der Waals surface area contributed by atoms with Gasteiger partial charge in [-0.1, -0.05) is 91.0 Å². The topological polar surface area (TPSA) is 21.3 Å². The van der Waals surface area contributed by atoms with E-state index in [0.29, 0.717) is 0 Å². The maximum absolute atomic E-state index is 6.27. The van der Waals surface area contributed by atoms with Gasteiger partial charge in [0, 0.05) is 38.6 Å². The van der Waals surface area contributed by atoms with E-state index >= 15 is 0 Å². The van der Waals surface area contributed by atoms with E-state index in [-0.39, 0.29) is 0 Å². The molecule has 0 atom stereocenters. The largest absolute Gasteiger partial charge is 0.456 e. The second-order valence-electron chi connectivity index (χ2n) is 11.0. The molecule has 3 nitrogen and oxygen atoms in total. The van der Waals surface area contributed by atoms with Crippen LogP contribution in [0, 0.1) is 0 Å². The number of para-hydroxylation sites is 5. The quantitative estimate of drug-likeness (QED) is 0.217. The summed E-state index contributed by atoms with van der Waals surface area (Å²) in [6.45, 7) is 0. The van der Waals surface area contributed by atoms with Crippen molar-refractivity contribution in [3.63, 3.8) is 0 Å². The van der Waals surface area contributed by atoms with E-state index in [4.69, 9.17) is 4.42 Å². The Labute approximate surface area is 248 Å². The van der Waals surface area contributed by atoms with Gasteiger partial charge in [-0.25, -0.2) is 0 Å². The van der Waals surface area contributed by atoms with Gasteiger partial charge < -0.3 is 13.9 Å². The number of hydrogen-bond donors (Lipinski definition) is 0. The van der Waals surface area contributed by atoms with Crippen LogP contribution in [0.3, 0.4) is 0 Å². The molecule has 2 aromatic heterocycles. The third kappa shape index (κ3) is 3.68. The van der Waals surface area contributed by atoms with Crippen molar-refractivity contribution in [1.82, 2.24) is 4.57 Å². The lowest BCUT2D eigenvalue weighted by Crippen LogP contribution is -2.11. The Balaban J connectivity index is 1.34. The Morgan fingerprint density at radius 3 is 2.02 bits per heavy atom. The molecule has 0 saturated carbocycles. The molecule has 0 spiro atoms. The van der Waals surface area contributed by atoms with E-state index in [1.165, 1.54) is 27.2 Å². The lowest BCUT2D eigenvalue weighted by atomic mass is 10.0. The zero-order valence-corrected chi connectivity index (χ0v) is 23.3. The number of anilines is 3. The second kappa shape index (κ2) is 9.37. The summed E-state index contributed by atoms with van der Waals surface area (Å²) in [5.74, 6) is 0. The van der Waals surface area contributed by atoms with E-state index in [2.05, 4.69) is 155 Å². The predicted molar refractivity (Wildman–Crippen MR) is 180 cm³/mol. The summed E-state index contributed by atoms with van der Waals surface area (Å²) < 4.78 is 8.67. The van der Waals surface area contributed by atoms with Gasteiger partial charge in [0.2, 0.25) is 0 Å². The molecule has 0 amide bonds. The second-order valence-corrected chi connectivity index (χ2v) is 11.0. The van der Waals surface area contributed by atoms with Crippen molar-refractivity contribution in [1.29, 1.82) is 0 Å². The van der Waals surface area contributed by atoms with Gasteiger partial charge in [-0.2, -0.15) is 0 Å². The van der Waals surface area contributed by atoms with Crippen LogP contribution in [0.25, 0.3) is 60.2 Å². The molecule has 0 aliphatic rings. The molecule has 0 saturated heterocycles. The number of hydrogen-bond acceptors (Lipinski definition) is 2. The lowest BCUT2D eigenvalue weighted by Gasteiger charge is -2.27. The smallest absolute Gasteiger partial charge is 0.136 e. The summed E-state index contributed by atoms with van der Waals surface area (Å²) in [4.78, 5) is 2.38. The highest BCUT2D eigenvalue weighted by Gasteiger charge is 2.21. The van der Waals surface area contributed by atoms with Crippen molar-refractivity contribution >= 4 is 71.6 Å². The third-order valence-corrected chi connectivity index (χ3v) is 8.52. The van der Waals surface area contributed by atoms with Crippen LogP contribution in [0.2, 0.25) is 0 Å². The number of furan rings is 1. The molecular formula is C40H26N2O. The average Bonchev–Trinajstić information content (AvgIpc) is 3.60. The highest BCUT2D eigenvalue weighted by molar-refractivity contribution is 6.15. The van der Waals surface area contributed by atoms with Gasteiger partial charge in [0.25, 0.3) is 0 Å². The Morgan fingerprint density at radius 2 is 1.16 bits per heavy atom. The molecule has 0 aliphatic heterocycles. The normalized spacial score (nSPS) is 11.7. The Morgan fingerprint density at radius 1 is 0.442 bits per heavy atom. The zero-order chi connectivity index (χ0) is 28.3. The molecule has 0 N–H and O–H groups in total. The molecule has 7 aromatic carbocycles. The SMILES string of the molecule is c1ccc(N(c2ccc3cc4c(cc3c2)oc2ccccc24)c2cccc3c4ccccc4n(-c4ccccc4)c23)cc1. The fourth-order valence-corrected chi connectivity index (χ4v) is 6.63. The first kappa shape index (κ1) is 23.9. The van der Waals surface area contributed by atoms with Gasteiger partial charge in [0.1, 0.15) is 11.2 Å². The highest BCUT2D eigenvalue weighted by Crippen LogP contribution is 2.44. The van der Waals surface area contributed by atoms with Crippen LogP contribution in [0.5, 0.6) is 0 Å². The van der Waals surface area contributed by atoms with Crippen LogP contribution in [-0.2, 0) is 0 Å². The maximum Gasteiger partial charge on any atom is 0.136 e. The molecule has 0 bridgehead atoms. The maximum atomic E-state index is 6.27. The molecule has 0 radical (unpaired) electrons. The monoisotopic (exact) mass is 550 g/mol. The summed E-state index contributed by atoms with van der Waals surface area (Å²) in [5, 5.41) is 7.08. The van der Waals surface area contributed by atoms with Crippen LogP contribution in [-0.4, -0.2) is 4.57 Å². The van der Waals surface area contributed by atoms with E-state index < -0.39 is 0 Å². The van der Waals surface area contributed by atoms with Crippen molar-refractivity contribution in [3.05, 3.63) is 158 Å². The van der Waals surface area contributed by atoms with E-state index in [1.807, 2.05) is 12.1 Å². The van der Waals surface area contributed by atoms with Crippen molar-refractivity contribution < 1.29 is 4.42 Å². The van der Waals surface area contributed by atoms with E-state index in [0.717, 1.165) is 50.1 Å². The lowest BCUT2D eigenvalue weighted by molar-refractivity contribution is 0.669. The Kier molecular flexibility index (Phi) is 5.20. The third-order valence-electron chi connectivity index (χ3n) is 8.52. The number of benzene rings is 7. The van der Waals surface area contributed by atoms with Crippen LogP contribution < -0.4 is 4.90 Å². The van der Waals surface area contributed by atoms with Gasteiger partial charge in [0.05, 0.1) is 16.7 Å². The molecule has 2 heterocycles. The first-order valence-electron chi connectivity index (χ1n) is 14.6. The molecule has 0 fully saturated rings. The molecule has 3 heteroatoms. The van der Waals surface area contributed by atoms with Crippen molar-refractivity contribution in [2.45, 2.75) is 0 Å². The van der Waals surface area contributed by atoms with Gasteiger partial charge in [0.15, 0.2) is 0 Å². The van der Waals surface area contributed by atoms with Crippen molar-refractivity contribution in [2.24, 2.45) is 0 Å². The number of fused-ring (bicyclic) bond motifs is 7. The summed E-state index contributed by atoms with van der Waals surface area (Å²) in [5.41, 5.74) is 8.63. The molecule has 0 unspecified atom stereocenters. The van der Waals surface area contributed by atoms with Crippen LogP contribution >= 0.6 is 0 Å². The molecule has 9 aromatic rings. The van der Waals surface area contributed by atoms with Crippen LogP contribution in [0.4, 0.5) is 17.1 Å². The summed E-state index contributed by atoms with van der Waals surface area (Å²) in [7, 11) is 0. The Hall–Kier alpha value is -5.80. The molecular weight excluding hydrogens is 524 g/mol. The zero-order valence-electron chi connectivity index (χ0n) is 23.3.